The Balaban J connectivity index is 2.06. The van der Waals surface area contributed by atoms with E-state index in [0.29, 0.717) is 23.1 Å². The highest BCUT2D eigenvalue weighted by Crippen LogP contribution is 2.36. The lowest BCUT2D eigenvalue weighted by Crippen LogP contribution is -2.36. The van der Waals surface area contributed by atoms with Crippen molar-refractivity contribution in [3.8, 4) is 11.5 Å². The van der Waals surface area contributed by atoms with Crippen LogP contribution in [0.3, 0.4) is 0 Å². The summed E-state index contributed by atoms with van der Waals surface area (Å²) in [5, 5.41) is 2.93. The van der Waals surface area contributed by atoms with Gasteiger partial charge in [-0.3, -0.25) is 0 Å². The average Bonchev–Trinajstić information content (AvgIpc) is 2.56. The van der Waals surface area contributed by atoms with Gasteiger partial charge < -0.3 is 19.7 Å². The number of urea groups is 1. The van der Waals surface area contributed by atoms with Crippen LogP contribution in [0.5, 0.6) is 11.5 Å². The molecule has 1 N–H and O–H groups in total. The van der Waals surface area contributed by atoms with Crippen LogP contribution in [0.2, 0.25) is 0 Å². The summed E-state index contributed by atoms with van der Waals surface area (Å²) in [5.41, 5.74) is 1.60. The lowest BCUT2D eigenvalue weighted by Gasteiger charge is -2.27. The number of hydrogen-bond donors (Lipinski definition) is 1. The Morgan fingerprint density at radius 2 is 1.74 bits per heavy atom. The number of aryl methyl sites for hydroxylation is 1. The molecule has 0 radical (unpaired) electrons. The zero-order valence-electron chi connectivity index (χ0n) is 14.6. The van der Waals surface area contributed by atoms with Crippen molar-refractivity contribution in [2.24, 2.45) is 5.92 Å². The number of carbonyl (C=O) groups is 1. The van der Waals surface area contributed by atoms with E-state index in [0.717, 1.165) is 12.1 Å². The summed E-state index contributed by atoms with van der Waals surface area (Å²) in [7, 11) is 5.03. The topological polar surface area (TPSA) is 50.8 Å². The van der Waals surface area contributed by atoms with Gasteiger partial charge in [-0.1, -0.05) is 19.3 Å². The van der Waals surface area contributed by atoms with Crippen LogP contribution < -0.4 is 14.8 Å². The van der Waals surface area contributed by atoms with Gasteiger partial charge in [-0.2, -0.15) is 0 Å². The fourth-order valence-electron chi connectivity index (χ4n) is 3.21. The highest BCUT2D eigenvalue weighted by Gasteiger charge is 2.20. The Labute approximate surface area is 139 Å². The molecule has 0 bridgehead atoms. The standard InChI is InChI=1S/C18H28N2O3/c1-13-10-15(22-3)17(16(11-13)23-4)19-18(21)20(2)12-14-8-6-5-7-9-14/h10-11,14H,5-9,12H2,1-4H3,(H,19,21). The minimum Gasteiger partial charge on any atom is -0.494 e. The van der Waals surface area contributed by atoms with Crippen molar-refractivity contribution in [1.82, 2.24) is 4.90 Å². The van der Waals surface area contributed by atoms with Crippen molar-refractivity contribution in [3.63, 3.8) is 0 Å². The van der Waals surface area contributed by atoms with Crippen molar-refractivity contribution in [3.05, 3.63) is 17.7 Å². The molecule has 2 amide bonds. The van der Waals surface area contributed by atoms with Gasteiger partial charge in [0.25, 0.3) is 0 Å². The smallest absolute Gasteiger partial charge is 0.321 e. The molecule has 2 rings (SSSR count). The second-order valence-electron chi connectivity index (χ2n) is 6.36. The number of nitrogens with zero attached hydrogens (tertiary/aromatic N) is 1. The van der Waals surface area contributed by atoms with E-state index in [1.54, 1.807) is 19.1 Å². The third kappa shape index (κ3) is 4.53. The quantitative estimate of drug-likeness (QED) is 0.890. The summed E-state index contributed by atoms with van der Waals surface area (Å²) in [6.45, 7) is 2.76. The van der Waals surface area contributed by atoms with E-state index >= 15 is 0 Å². The number of anilines is 1. The van der Waals surface area contributed by atoms with E-state index in [9.17, 15) is 4.79 Å². The first-order valence-corrected chi connectivity index (χ1v) is 8.30. The Kier molecular flexibility index (Phi) is 6.13. The number of ether oxygens (including phenoxy) is 2. The van der Waals surface area contributed by atoms with Crippen molar-refractivity contribution in [2.75, 3.05) is 33.1 Å². The highest BCUT2D eigenvalue weighted by atomic mass is 16.5. The van der Waals surface area contributed by atoms with Crippen LogP contribution in [-0.2, 0) is 0 Å². The van der Waals surface area contributed by atoms with Gasteiger partial charge in [-0.05, 0) is 43.4 Å². The van der Waals surface area contributed by atoms with Crippen LogP contribution in [0.15, 0.2) is 12.1 Å². The van der Waals surface area contributed by atoms with E-state index in [-0.39, 0.29) is 6.03 Å². The maximum absolute atomic E-state index is 12.5. The largest absolute Gasteiger partial charge is 0.494 e. The molecule has 1 aromatic carbocycles. The maximum Gasteiger partial charge on any atom is 0.321 e. The first-order valence-electron chi connectivity index (χ1n) is 8.30. The van der Waals surface area contributed by atoms with E-state index in [2.05, 4.69) is 5.32 Å². The van der Waals surface area contributed by atoms with Crippen molar-refractivity contribution in [1.29, 1.82) is 0 Å². The van der Waals surface area contributed by atoms with E-state index < -0.39 is 0 Å². The molecule has 1 aliphatic rings. The van der Waals surface area contributed by atoms with E-state index in [1.165, 1.54) is 32.1 Å². The second-order valence-corrected chi connectivity index (χ2v) is 6.36. The summed E-state index contributed by atoms with van der Waals surface area (Å²) in [4.78, 5) is 14.3. The third-order valence-corrected chi connectivity index (χ3v) is 4.49. The molecule has 0 unspecified atom stereocenters. The Morgan fingerprint density at radius 1 is 1.17 bits per heavy atom. The van der Waals surface area contributed by atoms with Gasteiger partial charge in [-0.25, -0.2) is 4.79 Å². The zero-order chi connectivity index (χ0) is 16.8. The van der Waals surface area contributed by atoms with Gasteiger partial charge >= 0.3 is 6.03 Å². The van der Waals surface area contributed by atoms with E-state index in [4.69, 9.17) is 9.47 Å². The summed E-state index contributed by atoms with van der Waals surface area (Å²) in [6.07, 6.45) is 6.31. The molecule has 0 aliphatic heterocycles. The first-order chi connectivity index (χ1) is 11.0. The second kappa shape index (κ2) is 8.09. The Bertz CT molecular complexity index is 514. The molecule has 1 aromatic rings. The maximum atomic E-state index is 12.5. The minimum absolute atomic E-state index is 0.129. The lowest BCUT2D eigenvalue weighted by molar-refractivity contribution is 0.204. The molecule has 1 aliphatic carbocycles. The lowest BCUT2D eigenvalue weighted by atomic mass is 9.89. The van der Waals surface area contributed by atoms with Gasteiger partial charge in [0.2, 0.25) is 0 Å². The summed E-state index contributed by atoms with van der Waals surface area (Å²) in [6, 6.07) is 3.65. The number of carbonyl (C=O) groups excluding carboxylic acids is 1. The fraction of sp³-hybridized carbons (Fsp3) is 0.611. The van der Waals surface area contributed by atoms with Crippen LogP contribution in [0.4, 0.5) is 10.5 Å². The molecule has 0 aromatic heterocycles. The van der Waals surface area contributed by atoms with Crippen molar-refractivity contribution < 1.29 is 14.3 Å². The Morgan fingerprint density at radius 3 is 2.26 bits per heavy atom. The average molecular weight is 320 g/mol. The number of hydrogen-bond acceptors (Lipinski definition) is 3. The monoisotopic (exact) mass is 320 g/mol. The minimum atomic E-state index is -0.129. The molecular weight excluding hydrogens is 292 g/mol. The van der Waals surface area contributed by atoms with Gasteiger partial charge in [0.05, 0.1) is 14.2 Å². The normalized spacial score (nSPS) is 15.1. The highest BCUT2D eigenvalue weighted by molar-refractivity contribution is 5.93. The van der Waals surface area contributed by atoms with Crippen LogP contribution in [0.1, 0.15) is 37.7 Å². The molecule has 1 saturated carbocycles. The molecular formula is C18H28N2O3. The number of nitrogens with one attached hydrogen (secondary N) is 1. The molecule has 0 heterocycles. The van der Waals surface area contributed by atoms with Crippen LogP contribution in [0.25, 0.3) is 0 Å². The van der Waals surface area contributed by atoms with Gasteiger partial charge in [0.15, 0.2) is 0 Å². The number of methoxy groups -OCH3 is 2. The molecule has 1 fully saturated rings. The molecule has 128 valence electrons. The van der Waals surface area contributed by atoms with E-state index in [1.807, 2.05) is 26.1 Å². The van der Waals surface area contributed by atoms with Crippen molar-refractivity contribution in [2.45, 2.75) is 39.0 Å². The molecule has 5 nitrogen and oxygen atoms in total. The molecule has 5 heteroatoms. The number of amides is 2. The Hall–Kier alpha value is -1.91. The fourth-order valence-corrected chi connectivity index (χ4v) is 3.21. The van der Waals surface area contributed by atoms with Crippen LogP contribution in [0, 0.1) is 12.8 Å². The SMILES string of the molecule is COc1cc(C)cc(OC)c1NC(=O)N(C)CC1CCCCC1. The molecule has 23 heavy (non-hydrogen) atoms. The van der Waals surface area contributed by atoms with Crippen LogP contribution >= 0.6 is 0 Å². The molecule has 0 saturated heterocycles. The third-order valence-electron chi connectivity index (χ3n) is 4.49. The predicted molar refractivity (Wildman–Crippen MR) is 92.5 cm³/mol. The number of rotatable bonds is 5. The van der Waals surface area contributed by atoms with Gasteiger partial charge in [0.1, 0.15) is 17.2 Å². The van der Waals surface area contributed by atoms with Crippen molar-refractivity contribution >= 4 is 11.7 Å². The predicted octanol–water partition coefficient (Wildman–Crippen LogP) is 4.06. The summed E-state index contributed by atoms with van der Waals surface area (Å²) in [5.74, 6) is 1.84. The molecule has 0 atom stereocenters. The van der Waals surface area contributed by atoms with Crippen LogP contribution in [-0.4, -0.2) is 38.7 Å². The number of benzene rings is 1. The summed E-state index contributed by atoms with van der Waals surface area (Å²) >= 11 is 0. The van der Waals surface area contributed by atoms with Gasteiger partial charge in [-0.15, -0.1) is 0 Å². The molecule has 0 spiro atoms. The first kappa shape index (κ1) is 17.4. The zero-order valence-corrected chi connectivity index (χ0v) is 14.6. The summed E-state index contributed by atoms with van der Waals surface area (Å²) < 4.78 is 10.8. The van der Waals surface area contributed by atoms with Gasteiger partial charge in [0, 0.05) is 13.6 Å².